The van der Waals surface area contributed by atoms with Crippen molar-refractivity contribution in [3.63, 3.8) is 0 Å². The number of nitrogens with one attached hydrogen (secondary N) is 1. The zero-order chi connectivity index (χ0) is 15.7. The third-order valence-corrected chi connectivity index (χ3v) is 4.54. The molecule has 0 saturated heterocycles. The summed E-state index contributed by atoms with van der Waals surface area (Å²) in [7, 11) is 0. The molecule has 2 aromatic rings. The molecule has 114 valence electrons. The Bertz CT molecular complexity index is 708. The Balaban J connectivity index is 1.88. The molecule has 0 radical (unpaired) electrons. The van der Waals surface area contributed by atoms with Gasteiger partial charge in [-0.05, 0) is 53.8 Å². The van der Waals surface area contributed by atoms with Crippen LogP contribution in [0.5, 0.6) is 0 Å². The van der Waals surface area contributed by atoms with Gasteiger partial charge in [0.1, 0.15) is 0 Å². The third-order valence-electron chi connectivity index (χ3n) is 3.86. The predicted molar refractivity (Wildman–Crippen MR) is 85.7 cm³/mol. The summed E-state index contributed by atoms with van der Waals surface area (Å²) >= 11 is 1.50. The maximum atomic E-state index is 11.8. The Morgan fingerprint density at radius 1 is 1.41 bits per heavy atom. The second-order valence-corrected chi connectivity index (χ2v) is 6.33. The Hall–Kier alpha value is -2.21. The summed E-state index contributed by atoms with van der Waals surface area (Å²) in [6, 6.07) is 6.80. The number of nitro benzene ring substituents is 1. The number of hydrogen-bond acceptors (Lipinski definition) is 4. The monoisotopic (exact) mass is 316 g/mol. The second kappa shape index (κ2) is 5.88. The van der Waals surface area contributed by atoms with E-state index < -0.39 is 0 Å². The fourth-order valence-electron chi connectivity index (χ4n) is 2.39. The third kappa shape index (κ3) is 3.01. The molecule has 1 N–H and O–H groups in total. The van der Waals surface area contributed by atoms with Gasteiger partial charge in [0, 0.05) is 12.0 Å². The number of amides is 1. The van der Waals surface area contributed by atoms with Gasteiger partial charge in [-0.3, -0.25) is 14.9 Å². The normalized spacial score (nSPS) is 15.3. The summed E-state index contributed by atoms with van der Waals surface area (Å²) in [5, 5.41) is 18.1. The molecule has 1 aliphatic rings. The van der Waals surface area contributed by atoms with Crippen LogP contribution in [0.25, 0.3) is 11.1 Å². The molecule has 5 nitrogen and oxygen atoms in total. The van der Waals surface area contributed by atoms with Crippen LogP contribution in [0.1, 0.15) is 31.4 Å². The van der Waals surface area contributed by atoms with Gasteiger partial charge in [0.05, 0.1) is 16.5 Å². The number of hydrogen-bond donors (Lipinski definition) is 1. The van der Waals surface area contributed by atoms with Crippen LogP contribution in [-0.2, 0) is 4.79 Å². The minimum atomic E-state index is -0.369. The van der Waals surface area contributed by atoms with Crippen molar-refractivity contribution >= 4 is 22.9 Å². The van der Waals surface area contributed by atoms with Gasteiger partial charge in [-0.15, -0.1) is 0 Å². The minimum Gasteiger partial charge on any atom is -0.349 e. The van der Waals surface area contributed by atoms with Gasteiger partial charge in [0.15, 0.2) is 0 Å². The highest BCUT2D eigenvalue weighted by molar-refractivity contribution is 7.08. The Morgan fingerprint density at radius 3 is 2.77 bits per heavy atom. The number of nitrogens with zero attached hydrogens (tertiary/aromatic N) is 1. The van der Waals surface area contributed by atoms with Gasteiger partial charge < -0.3 is 5.32 Å². The molecule has 22 heavy (non-hydrogen) atoms. The maximum absolute atomic E-state index is 11.8. The molecule has 1 atom stereocenters. The average molecular weight is 316 g/mol. The smallest absolute Gasteiger partial charge is 0.277 e. The fraction of sp³-hybridized carbons (Fsp3) is 0.312. The summed E-state index contributed by atoms with van der Waals surface area (Å²) in [4.78, 5) is 22.8. The lowest BCUT2D eigenvalue weighted by Gasteiger charge is -2.14. The first-order chi connectivity index (χ1) is 10.6. The van der Waals surface area contributed by atoms with E-state index in [0.717, 1.165) is 24.0 Å². The topological polar surface area (TPSA) is 72.2 Å². The van der Waals surface area contributed by atoms with Crippen LogP contribution < -0.4 is 5.32 Å². The zero-order valence-electron chi connectivity index (χ0n) is 12.1. The fourth-order valence-corrected chi connectivity index (χ4v) is 3.05. The first-order valence-electron chi connectivity index (χ1n) is 7.17. The Kier molecular flexibility index (Phi) is 3.94. The van der Waals surface area contributed by atoms with Crippen LogP contribution in [0.15, 0.2) is 35.0 Å². The van der Waals surface area contributed by atoms with E-state index in [9.17, 15) is 14.9 Å². The Morgan fingerprint density at radius 2 is 2.18 bits per heavy atom. The molecule has 1 heterocycles. The molecule has 6 heteroatoms. The number of carbonyl (C=O) groups excluding carboxylic acids is 1. The van der Waals surface area contributed by atoms with Crippen LogP contribution in [0, 0.1) is 16.0 Å². The number of nitro groups is 1. The van der Waals surface area contributed by atoms with Crippen molar-refractivity contribution in [3.8, 4) is 11.1 Å². The van der Waals surface area contributed by atoms with E-state index in [4.69, 9.17) is 0 Å². The second-order valence-electron chi connectivity index (χ2n) is 5.55. The molecule has 0 aliphatic heterocycles. The summed E-state index contributed by atoms with van der Waals surface area (Å²) in [5.74, 6) is 0.166. The lowest BCUT2D eigenvalue weighted by atomic mass is 10.0. The zero-order valence-corrected chi connectivity index (χ0v) is 12.9. The Labute approximate surface area is 132 Å². The van der Waals surface area contributed by atoms with Crippen LogP contribution in [0.4, 0.5) is 5.69 Å². The van der Waals surface area contributed by atoms with Crippen LogP contribution in [-0.4, -0.2) is 10.8 Å². The standard InChI is InChI=1S/C16H16N2O3S/c1-10(17-16(19)11-2-3-11)12-4-5-14(13-6-7-22-9-13)15(8-12)18(20)21/h4-11H,2-3H2,1H3,(H,17,19). The van der Waals surface area contributed by atoms with Crippen LogP contribution in [0.3, 0.4) is 0 Å². The van der Waals surface area contributed by atoms with Crippen molar-refractivity contribution in [2.75, 3.05) is 0 Å². The summed E-state index contributed by atoms with van der Waals surface area (Å²) in [5.41, 5.74) is 2.27. The molecular formula is C16H16N2O3S. The average Bonchev–Trinajstić information content (AvgIpc) is 3.22. The van der Waals surface area contributed by atoms with Gasteiger partial charge >= 0.3 is 0 Å². The van der Waals surface area contributed by atoms with Gasteiger partial charge in [0.2, 0.25) is 5.91 Å². The molecule has 1 unspecified atom stereocenters. The van der Waals surface area contributed by atoms with Gasteiger partial charge in [-0.2, -0.15) is 11.3 Å². The quantitative estimate of drug-likeness (QED) is 0.671. The first kappa shape index (κ1) is 14.7. The van der Waals surface area contributed by atoms with Gasteiger partial charge in [-0.25, -0.2) is 0 Å². The van der Waals surface area contributed by atoms with E-state index in [2.05, 4.69) is 5.32 Å². The SMILES string of the molecule is CC(NC(=O)C1CC1)c1ccc(-c2ccsc2)c([N+](=O)[O-])c1. The molecule has 1 amide bonds. The summed E-state index contributed by atoms with van der Waals surface area (Å²) in [6.07, 6.45) is 1.88. The van der Waals surface area contributed by atoms with Gasteiger partial charge in [-0.1, -0.05) is 6.07 Å². The van der Waals surface area contributed by atoms with Crippen LogP contribution in [0.2, 0.25) is 0 Å². The van der Waals surface area contributed by atoms with E-state index in [1.165, 1.54) is 11.3 Å². The number of thiophene rings is 1. The van der Waals surface area contributed by atoms with E-state index >= 15 is 0 Å². The highest BCUT2D eigenvalue weighted by Crippen LogP contribution is 2.34. The molecule has 0 bridgehead atoms. The molecular weight excluding hydrogens is 300 g/mol. The largest absolute Gasteiger partial charge is 0.349 e. The maximum Gasteiger partial charge on any atom is 0.277 e. The van der Waals surface area contributed by atoms with E-state index in [1.54, 1.807) is 12.1 Å². The molecule has 3 rings (SSSR count). The highest BCUT2D eigenvalue weighted by atomic mass is 32.1. The van der Waals surface area contributed by atoms with Crippen molar-refractivity contribution in [3.05, 3.63) is 50.7 Å². The van der Waals surface area contributed by atoms with E-state index in [1.807, 2.05) is 29.8 Å². The van der Waals surface area contributed by atoms with Crippen molar-refractivity contribution in [2.45, 2.75) is 25.8 Å². The molecule has 1 aromatic heterocycles. The predicted octanol–water partition coefficient (Wildman–Crippen LogP) is 3.91. The van der Waals surface area contributed by atoms with E-state index in [-0.39, 0.29) is 28.5 Å². The number of carbonyl (C=O) groups is 1. The molecule has 1 aliphatic carbocycles. The lowest BCUT2D eigenvalue weighted by molar-refractivity contribution is -0.384. The minimum absolute atomic E-state index is 0.0389. The van der Waals surface area contributed by atoms with Crippen molar-refractivity contribution in [1.82, 2.24) is 5.32 Å². The lowest BCUT2D eigenvalue weighted by Crippen LogP contribution is -2.27. The van der Waals surface area contributed by atoms with Crippen molar-refractivity contribution in [2.24, 2.45) is 5.92 Å². The summed E-state index contributed by atoms with van der Waals surface area (Å²) in [6.45, 7) is 1.85. The molecule has 1 aromatic carbocycles. The molecule has 1 saturated carbocycles. The molecule has 1 fully saturated rings. The van der Waals surface area contributed by atoms with Crippen molar-refractivity contribution < 1.29 is 9.72 Å². The molecule has 0 spiro atoms. The number of rotatable bonds is 5. The first-order valence-corrected chi connectivity index (χ1v) is 8.12. The summed E-state index contributed by atoms with van der Waals surface area (Å²) < 4.78 is 0. The number of benzene rings is 1. The van der Waals surface area contributed by atoms with Crippen molar-refractivity contribution in [1.29, 1.82) is 0 Å². The van der Waals surface area contributed by atoms with Gasteiger partial charge in [0.25, 0.3) is 5.69 Å². The van der Waals surface area contributed by atoms with Crippen LogP contribution >= 0.6 is 11.3 Å². The highest BCUT2D eigenvalue weighted by Gasteiger charge is 2.30. The van der Waals surface area contributed by atoms with E-state index in [0.29, 0.717) is 5.56 Å².